The molecule has 1 unspecified atom stereocenters. The minimum absolute atomic E-state index is 0.0228. The highest BCUT2D eigenvalue weighted by atomic mass is 19.1. The van der Waals surface area contributed by atoms with Gasteiger partial charge in [-0.3, -0.25) is 5.26 Å². The maximum Gasteiger partial charge on any atom is 0.143 e. The Labute approximate surface area is 166 Å². The molecule has 1 fully saturated rings. The fraction of sp³-hybridized carbons (Fsp3) is 0.458. The molecule has 1 atom stereocenters. The second-order valence-electron chi connectivity index (χ2n) is 7.86. The maximum absolute atomic E-state index is 13.9. The first kappa shape index (κ1) is 20.5. The molecule has 2 aromatic rings. The van der Waals surface area contributed by atoms with Gasteiger partial charge in [-0.15, -0.1) is 0 Å². The molecule has 148 valence electrons. The fourth-order valence-corrected chi connectivity index (χ4v) is 4.32. The second kappa shape index (κ2) is 9.82. The van der Waals surface area contributed by atoms with Crippen LogP contribution in [0.2, 0.25) is 0 Å². The molecule has 1 aliphatic carbocycles. The molecule has 0 saturated heterocycles. The van der Waals surface area contributed by atoms with E-state index in [9.17, 15) is 9.65 Å². The predicted octanol–water partition coefficient (Wildman–Crippen LogP) is 6.74. The third-order valence-corrected chi connectivity index (χ3v) is 6.05. The first-order valence-corrected chi connectivity index (χ1v) is 10.3. The minimum Gasteiger partial charge on any atom is -0.251 e. The van der Waals surface area contributed by atoms with Gasteiger partial charge in [-0.1, -0.05) is 56.5 Å². The molecule has 0 bridgehead atoms. The molecule has 28 heavy (non-hydrogen) atoms. The van der Waals surface area contributed by atoms with Gasteiger partial charge in [0.05, 0.1) is 5.56 Å². The van der Waals surface area contributed by atoms with Gasteiger partial charge in [0.1, 0.15) is 18.0 Å². The van der Waals surface area contributed by atoms with Crippen LogP contribution in [0.4, 0.5) is 4.39 Å². The highest BCUT2D eigenvalue weighted by molar-refractivity contribution is 5.38. The van der Waals surface area contributed by atoms with Crippen LogP contribution < -0.4 is 0 Å². The Balaban J connectivity index is 1.68. The Morgan fingerprint density at radius 2 is 1.79 bits per heavy atom. The average Bonchev–Trinajstić information content (AvgIpc) is 2.74. The van der Waals surface area contributed by atoms with Crippen LogP contribution >= 0.6 is 0 Å². The molecule has 0 heterocycles. The Morgan fingerprint density at radius 1 is 1.11 bits per heavy atom. The van der Waals surface area contributed by atoms with Crippen molar-refractivity contribution in [1.82, 2.24) is 0 Å². The van der Waals surface area contributed by atoms with Crippen LogP contribution in [0.5, 0.6) is 0 Å². The second-order valence-corrected chi connectivity index (χ2v) is 7.86. The number of nitrogens with zero attached hydrogens (tertiary/aromatic N) is 1. The van der Waals surface area contributed by atoms with Gasteiger partial charge in [0.2, 0.25) is 0 Å². The van der Waals surface area contributed by atoms with Crippen molar-refractivity contribution in [3.8, 4) is 6.07 Å². The van der Waals surface area contributed by atoms with Gasteiger partial charge >= 0.3 is 0 Å². The summed E-state index contributed by atoms with van der Waals surface area (Å²) in [5, 5.41) is 18.2. The van der Waals surface area contributed by atoms with Crippen molar-refractivity contribution in [3.05, 3.63) is 70.5 Å². The lowest BCUT2D eigenvalue weighted by atomic mass is 9.77. The number of nitriles is 1. The summed E-state index contributed by atoms with van der Waals surface area (Å²) in [5.41, 5.74) is 2.53. The summed E-state index contributed by atoms with van der Waals surface area (Å²) in [5.74, 6) is 0.861. The highest BCUT2D eigenvalue weighted by Gasteiger charge is 2.23. The molecule has 0 aromatic heterocycles. The highest BCUT2D eigenvalue weighted by Crippen LogP contribution is 2.38. The first-order valence-electron chi connectivity index (χ1n) is 10.3. The van der Waals surface area contributed by atoms with Gasteiger partial charge in [-0.2, -0.15) is 5.26 Å². The summed E-state index contributed by atoms with van der Waals surface area (Å²) in [7, 11) is 0. The van der Waals surface area contributed by atoms with E-state index in [0.717, 1.165) is 11.5 Å². The van der Waals surface area contributed by atoms with E-state index in [-0.39, 0.29) is 5.56 Å². The molecule has 1 N–H and O–H groups in total. The molecule has 0 amide bonds. The van der Waals surface area contributed by atoms with E-state index in [2.05, 4.69) is 23.9 Å². The minimum atomic E-state index is -0.777. The van der Waals surface area contributed by atoms with Crippen LogP contribution in [0.3, 0.4) is 0 Å². The summed E-state index contributed by atoms with van der Waals surface area (Å²) in [6, 6.07) is 14.1. The first-order chi connectivity index (χ1) is 13.7. The molecular weight excluding hydrogens is 353 g/mol. The smallest absolute Gasteiger partial charge is 0.143 e. The van der Waals surface area contributed by atoms with Gasteiger partial charge in [0, 0.05) is 0 Å². The number of hydrogen-bond donors (Lipinski definition) is 1. The zero-order valence-corrected chi connectivity index (χ0v) is 16.4. The largest absolute Gasteiger partial charge is 0.251 e. The Kier molecular flexibility index (Phi) is 7.19. The van der Waals surface area contributed by atoms with Crippen molar-refractivity contribution in [1.29, 1.82) is 5.26 Å². The molecule has 4 heteroatoms. The van der Waals surface area contributed by atoms with E-state index in [1.54, 1.807) is 12.1 Å². The van der Waals surface area contributed by atoms with Gasteiger partial charge in [-0.25, -0.2) is 9.28 Å². The summed E-state index contributed by atoms with van der Waals surface area (Å²) in [4.78, 5) is 4.64. The lowest BCUT2D eigenvalue weighted by Gasteiger charge is -2.29. The lowest BCUT2D eigenvalue weighted by molar-refractivity contribution is -0.270. The zero-order valence-electron chi connectivity index (χ0n) is 16.4. The number of unbranched alkanes of at least 4 members (excludes halogenated alkanes) is 1. The third-order valence-electron chi connectivity index (χ3n) is 6.05. The van der Waals surface area contributed by atoms with Gasteiger partial charge in [0.15, 0.2) is 0 Å². The topological polar surface area (TPSA) is 53.2 Å². The van der Waals surface area contributed by atoms with Gasteiger partial charge in [0.25, 0.3) is 0 Å². The van der Waals surface area contributed by atoms with Crippen LogP contribution in [0.25, 0.3) is 0 Å². The Hall–Kier alpha value is -2.22. The van der Waals surface area contributed by atoms with E-state index in [0.29, 0.717) is 11.5 Å². The summed E-state index contributed by atoms with van der Waals surface area (Å²) >= 11 is 0. The maximum atomic E-state index is 13.9. The van der Waals surface area contributed by atoms with Crippen LogP contribution in [0.15, 0.2) is 42.5 Å². The quantitative estimate of drug-likeness (QED) is 0.427. The SMILES string of the molecule is CCCCC1CCC(c2ccc(C(OO)c3ccc(C#N)c(F)c3)cc2)CC1. The normalized spacial score (nSPS) is 20.5. The van der Waals surface area contributed by atoms with Crippen molar-refractivity contribution in [2.45, 2.75) is 63.9 Å². The molecule has 3 nitrogen and oxygen atoms in total. The standard InChI is InChI=1S/C24H28FNO2/c1-2-3-4-17-5-7-18(8-6-17)19-9-11-20(12-10-19)24(28-27)21-13-14-22(16-26)23(25)15-21/h9-15,17-18,24,27H,2-8H2,1H3. The molecule has 1 aliphatic rings. The lowest BCUT2D eigenvalue weighted by Crippen LogP contribution is -2.13. The monoisotopic (exact) mass is 381 g/mol. The van der Waals surface area contributed by atoms with Crippen molar-refractivity contribution in [3.63, 3.8) is 0 Å². The van der Waals surface area contributed by atoms with E-state index >= 15 is 0 Å². The number of rotatable bonds is 7. The van der Waals surface area contributed by atoms with E-state index < -0.39 is 11.9 Å². The van der Waals surface area contributed by atoms with Crippen LogP contribution in [0, 0.1) is 23.1 Å². The van der Waals surface area contributed by atoms with Gasteiger partial charge in [-0.05, 0) is 66.3 Å². The molecule has 0 radical (unpaired) electrons. The van der Waals surface area contributed by atoms with Crippen LogP contribution in [0.1, 0.15) is 86.1 Å². The summed E-state index contributed by atoms with van der Waals surface area (Å²) < 4.78 is 13.9. The zero-order chi connectivity index (χ0) is 19.9. The van der Waals surface area contributed by atoms with E-state index in [1.165, 1.54) is 62.6 Å². The van der Waals surface area contributed by atoms with Crippen molar-refractivity contribution in [2.24, 2.45) is 5.92 Å². The number of halogens is 1. The fourth-order valence-electron chi connectivity index (χ4n) is 4.32. The molecule has 1 saturated carbocycles. The third kappa shape index (κ3) is 4.79. The van der Waals surface area contributed by atoms with Gasteiger partial charge < -0.3 is 0 Å². The molecule has 0 spiro atoms. The van der Waals surface area contributed by atoms with E-state index in [1.807, 2.05) is 12.1 Å². The Morgan fingerprint density at radius 3 is 2.36 bits per heavy atom. The Bertz CT molecular complexity index is 804. The van der Waals surface area contributed by atoms with Crippen molar-refractivity contribution < 1.29 is 14.5 Å². The van der Waals surface area contributed by atoms with Crippen LogP contribution in [-0.4, -0.2) is 5.26 Å². The number of hydrogen-bond acceptors (Lipinski definition) is 3. The predicted molar refractivity (Wildman–Crippen MR) is 107 cm³/mol. The van der Waals surface area contributed by atoms with E-state index in [4.69, 9.17) is 5.26 Å². The average molecular weight is 381 g/mol. The molecule has 3 rings (SSSR count). The van der Waals surface area contributed by atoms with Crippen LogP contribution in [-0.2, 0) is 4.89 Å². The van der Waals surface area contributed by atoms with Crippen molar-refractivity contribution >= 4 is 0 Å². The molecular formula is C24H28FNO2. The summed E-state index contributed by atoms with van der Waals surface area (Å²) in [6.45, 7) is 2.25. The molecule has 0 aliphatic heterocycles. The summed E-state index contributed by atoms with van der Waals surface area (Å²) in [6.07, 6.45) is 8.27. The number of benzene rings is 2. The van der Waals surface area contributed by atoms with Crippen molar-refractivity contribution in [2.75, 3.05) is 0 Å². The molecule has 2 aromatic carbocycles.